The molecule has 0 radical (unpaired) electrons. The zero-order valence-electron chi connectivity index (χ0n) is 20.9. The minimum Gasteiger partial charge on any atom is -0.385 e. The number of likely N-dealkylation sites (N-methyl/N-ethyl adjacent to an activating group) is 1. The molecule has 1 aliphatic carbocycles. The summed E-state index contributed by atoms with van der Waals surface area (Å²) in [5, 5.41) is 18.7. The number of rotatable bonds is 12. The Labute approximate surface area is 212 Å². The third-order valence-electron chi connectivity index (χ3n) is 7.44. The average molecular weight is 516 g/mol. The minimum atomic E-state index is -2.56. The monoisotopic (exact) mass is 515 g/mol. The summed E-state index contributed by atoms with van der Waals surface area (Å²) in [5.41, 5.74) is -0.340. The number of benzene rings is 1. The highest BCUT2D eigenvalue weighted by Gasteiger charge is 2.46. The predicted molar refractivity (Wildman–Crippen MR) is 134 cm³/mol. The van der Waals surface area contributed by atoms with Crippen LogP contribution in [0.5, 0.6) is 0 Å². The molecule has 2 fully saturated rings. The van der Waals surface area contributed by atoms with Crippen LogP contribution in [0, 0.1) is 11.8 Å². The number of ether oxygens (including phenoxy) is 1. The quantitative estimate of drug-likeness (QED) is 0.350. The highest BCUT2D eigenvalue weighted by atomic mass is 35.5. The number of piperidine rings is 1. The van der Waals surface area contributed by atoms with Crippen LogP contribution in [0.4, 0.5) is 13.6 Å². The van der Waals surface area contributed by atoms with E-state index in [2.05, 4.69) is 10.6 Å². The van der Waals surface area contributed by atoms with Crippen LogP contribution in [0.1, 0.15) is 56.9 Å². The van der Waals surface area contributed by atoms with E-state index in [1.54, 1.807) is 25.1 Å². The van der Waals surface area contributed by atoms with Crippen molar-refractivity contribution in [1.29, 1.82) is 0 Å². The van der Waals surface area contributed by atoms with Crippen LogP contribution in [0.2, 0.25) is 5.02 Å². The third kappa shape index (κ3) is 7.75. The summed E-state index contributed by atoms with van der Waals surface area (Å²) < 4.78 is 31.7. The number of urea groups is 1. The van der Waals surface area contributed by atoms with Crippen molar-refractivity contribution < 1.29 is 23.4 Å². The highest BCUT2D eigenvalue weighted by Crippen LogP contribution is 2.44. The van der Waals surface area contributed by atoms with E-state index in [0.29, 0.717) is 44.1 Å². The number of carbonyl (C=O) groups excluding carboxylic acids is 1. The van der Waals surface area contributed by atoms with Crippen LogP contribution in [-0.2, 0) is 10.3 Å². The molecule has 1 aromatic carbocycles. The second-order valence-electron chi connectivity index (χ2n) is 10.2. The van der Waals surface area contributed by atoms with Gasteiger partial charge in [-0.05, 0) is 69.2 Å². The molecule has 3 atom stereocenters. The Bertz CT molecular complexity index is 823. The molecule has 1 aliphatic heterocycles. The summed E-state index contributed by atoms with van der Waals surface area (Å²) in [6.45, 7) is 2.18. The number of hydrogen-bond acceptors (Lipinski definition) is 4. The smallest absolute Gasteiger partial charge is 0.317 e. The van der Waals surface area contributed by atoms with Gasteiger partial charge in [-0.25, -0.2) is 13.6 Å². The first-order valence-corrected chi connectivity index (χ1v) is 13.1. The number of methoxy groups -OCH3 is 1. The zero-order chi connectivity index (χ0) is 25.5. The van der Waals surface area contributed by atoms with E-state index in [4.69, 9.17) is 16.3 Å². The van der Waals surface area contributed by atoms with Gasteiger partial charge in [0.05, 0.1) is 5.60 Å². The van der Waals surface area contributed by atoms with E-state index in [1.807, 2.05) is 18.2 Å². The van der Waals surface area contributed by atoms with E-state index in [0.717, 1.165) is 31.2 Å². The number of likely N-dealkylation sites (tertiary alicyclic amines) is 1. The van der Waals surface area contributed by atoms with Gasteiger partial charge in [-0.1, -0.05) is 23.7 Å². The third-order valence-corrected chi connectivity index (χ3v) is 7.67. The van der Waals surface area contributed by atoms with Crippen LogP contribution in [0.25, 0.3) is 0 Å². The number of alkyl halides is 2. The molecule has 1 saturated heterocycles. The van der Waals surface area contributed by atoms with Crippen LogP contribution in [0.15, 0.2) is 24.3 Å². The van der Waals surface area contributed by atoms with Gasteiger partial charge in [0.2, 0.25) is 5.92 Å². The van der Waals surface area contributed by atoms with Crippen molar-refractivity contribution in [3.8, 4) is 0 Å². The average Bonchev–Trinajstić information content (AvgIpc) is 2.80. The Morgan fingerprint density at radius 3 is 2.80 bits per heavy atom. The van der Waals surface area contributed by atoms with Gasteiger partial charge in [0.1, 0.15) is 0 Å². The molecule has 3 rings (SSSR count). The SMILES string of the molecule is CNCC(CC1CC(F)(F)C1)NC(=O)N1CCC[C@@H]([C@@](O)(CCCCOC)c2cccc(Cl)c2)C1. The lowest BCUT2D eigenvalue weighted by molar-refractivity contribution is -0.113. The van der Waals surface area contributed by atoms with Gasteiger partial charge in [0, 0.05) is 63.2 Å². The molecule has 6 nitrogen and oxygen atoms in total. The highest BCUT2D eigenvalue weighted by molar-refractivity contribution is 6.30. The van der Waals surface area contributed by atoms with Gasteiger partial charge in [-0.15, -0.1) is 0 Å². The van der Waals surface area contributed by atoms with Crippen LogP contribution < -0.4 is 10.6 Å². The molecule has 0 aromatic heterocycles. The summed E-state index contributed by atoms with van der Waals surface area (Å²) in [5.74, 6) is -2.78. The second-order valence-corrected chi connectivity index (χ2v) is 10.7. The van der Waals surface area contributed by atoms with E-state index in [1.165, 1.54) is 0 Å². The topological polar surface area (TPSA) is 73.8 Å². The van der Waals surface area contributed by atoms with Crippen molar-refractivity contribution in [2.45, 2.75) is 68.9 Å². The van der Waals surface area contributed by atoms with Crippen molar-refractivity contribution >= 4 is 17.6 Å². The number of halogens is 3. The second kappa shape index (κ2) is 12.7. The molecule has 0 spiro atoms. The number of unbranched alkanes of at least 4 members (excludes halogenated alkanes) is 1. The maximum absolute atomic E-state index is 13.3. The van der Waals surface area contributed by atoms with Crippen molar-refractivity contribution in [2.24, 2.45) is 11.8 Å². The lowest BCUT2D eigenvalue weighted by Crippen LogP contribution is -2.54. The summed E-state index contributed by atoms with van der Waals surface area (Å²) in [6.07, 6.45) is 4.08. The molecular weight excluding hydrogens is 476 g/mol. The van der Waals surface area contributed by atoms with Gasteiger partial charge in [0.15, 0.2) is 0 Å². The summed E-state index contributed by atoms with van der Waals surface area (Å²) in [4.78, 5) is 14.9. The Balaban J connectivity index is 1.67. The fourth-order valence-corrected chi connectivity index (χ4v) is 5.78. The molecule has 2 amide bonds. The van der Waals surface area contributed by atoms with Gasteiger partial charge >= 0.3 is 6.03 Å². The first-order valence-electron chi connectivity index (χ1n) is 12.7. The normalized spacial score (nSPS) is 22.8. The lowest BCUT2D eigenvalue weighted by atomic mass is 9.74. The molecule has 198 valence electrons. The summed E-state index contributed by atoms with van der Waals surface area (Å²) in [7, 11) is 3.46. The predicted octanol–water partition coefficient (Wildman–Crippen LogP) is 4.79. The molecule has 3 N–H and O–H groups in total. The van der Waals surface area contributed by atoms with Crippen molar-refractivity contribution in [3.05, 3.63) is 34.9 Å². The molecule has 2 aliphatic rings. The van der Waals surface area contributed by atoms with Crippen molar-refractivity contribution in [3.63, 3.8) is 0 Å². The Morgan fingerprint density at radius 1 is 1.37 bits per heavy atom. The van der Waals surface area contributed by atoms with Crippen molar-refractivity contribution in [2.75, 3.05) is 40.4 Å². The molecular formula is C26H40ClF2N3O3. The van der Waals surface area contributed by atoms with Crippen LogP contribution >= 0.6 is 11.6 Å². The first kappa shape index (κ1) is 28.1. The van der Waals surface area contributed by atoms with Gasteiger partial charge in [-0.3, -0.25) is 0 Å². The maximum Gasteiger partial charge on any atom is 0.317 e. The zero-order valence-corrected chi connectivity index (χ0v) is 21.6. The first-order chi connectivity index (χ1) is 16.7. The standard InChI is InChI=1S/C26H40ClF2N3O3/c1-30-17-23(13-19-15-25(28,29)16-19)31-24(33)32-11-6-8-21(18-32)26(34,10-3-4-12-35-2)20-7-5-9-22(27)14-20/h5,7,9,14,19,21,23,30,34H,3-4,6,8,10-13,15-18H2,1-2H3,(H,31,33)/t21-,23?,26-/m1/s1. The van der Waals surface area contributed by atoms with Crippen molar-refractivity contribution in [1.82, 2.24) is 15.5 Å². The van der Waals surface area contributed by atoms with E-state index < -0.39 is 11.5 Å². The summed E-state index contributed by atoms with van der Waals surface area (Å²) >= 11 is 6.26. The van der Waals surface area contributed by atoms with Crippen LogP contribution in [0.3, 0.4) is 0 Å². The van der Waals surface area contributed by atoms with E-state index in [9.17, 15) is 18.7 Å². The minimum absolute atomic E-state index is 0.0715. The molecule has 0 bridgehead atoms. The number of hydrogen-bond donors (Lipinski definition) is 3. The largest absolute Gasteiger partial charge is 0.385 e. The Hall–Kier alpha value is -1.48. The number of aliphatic hydroxyl groups is 1. The molecule has 9 heteroatoms. The molecule has 1 heterocycles. The fourth-order valence-electron chi connectivity index (χ4n) is 5.59. The Morgan fingerprint density at radius 2 is 2.14 bits per heavy atom. The molecule has 35 heavy (non-hydrogen) atoms. The number of nitrogens with zero attached hydrogens (tertiary/aromatic N) is 1. The van der Waals surface area contributed by atoms with E-state index >= 15 is 0 Å². The summed E-state index contributed by atoms with van der Waals surface area (Å²) in [6, 6.07) is 6.94. The van der Waals surface area contributed by atoms with Crippen LogP contribution in [-0.4, -0.2) is 68.4 Å². The van der Waals surface area contributed by atoms with Gasteiger partial charge in [-0.2, -0.15) is 0 Å². The number of nitrogens with one attached hydrogen (secondary N) is 2. The maximum atomic E-state index is 13.3. The lowest BCUT2D eigenvalue weighted by Gasteiger charge is -2.43. The van der Waals surface area contributed by atoms with E-state index in [-0.39, 0.29) is 36.8 Å². The van der Waals surface area contributed by atoms with Gasteiger partial charge < -0.3 is 25.4 Å². The van der Waals surface area contributed by atoms with Gasteiger partial charge in [0.25, 0.3) is 0 Å². The molecule has 1 unspecified atom stereocenters. The molecule has 1 aromatic rings. The fraction of sp³-hybridized carbons (Fsp3) is 0.731. The Kier molecular flexibility index (Phi) is 10.2. The molecule has 1 saturated carbocycles. The number of amides is 2. The number of carbonyl (C=O) groups is 1.